The van der Waals surface area contributed by atoms with Gasteiger partial charge in [-0.2, -0.15) is 0 Å². The van der Waals surface area contributed by atoms with Crippen molar-refractivity contribution in [3.05, 3.63) is 52.6 Å². The molecule has 0 heterocycles. The van der Waals surface area contributed by atoms with Crippen molar-refractivity contribution in [1.29, 1.82) is 0 Å². The highest BCUT2D eigenvalue weighted by Crippen LogP contribution is 2.43. The van der Waals surface area contributed by atoms with Crippen molar-refractivity contribution in [3.63, 3.8) is 0 Å². The van der Waals surface area contributed by atoms with Gasteiger partial charge in [0, 0.05) is 15.4 Å². The van der Waals surface area contributed by atoms with Gasteiger partial charge in [-0.15, -0.1) is 0 Å². The first-order valence-electron chi connectivity index (χ1n) is 8.92. The van der Waals surface area contributed by atoms with E-state index in [1.807, 2.05) is 11.8 Å². The van der Waals surface area contributed by atoms with Crippen molar-refractivity contribution in [1.82, 2.24) is 0 Å². The maximum absolute atomic E-state index is 5.65. The van der Waals surface area contributed by atoms with E-state index in [1.165, 1.54) is 32.0 Å². The van der Waals surface area contributed by atoms with Crippen molar-refractivity contribution in [2.24, 2.45) is 0 Å². The Balaban J connectivity index is 2.59. The fourth-order valence-corrected chi connectivity index (χ4v) is 4.34. The molecule has 0 saturated heterocycles. The Morgan fingerprint density at radius 2 is 1.40 bits per heavy atom. The molecule has 0 amide bonds. The quantitative estimate of drug-likeness (QED) is 0.582. The van der Waals surface area contributed by atoms with Crippen molar-refractivity contribution in [2.45, 2.75) is 76.0 Å². The Labute approximate surface area is 158 Å². The van der Waals surface area contributed by atoms with Gasteiger partial charge in [0.15, 0.2) is 0 Å². The standard InChI is InChI=1S/C23H32OS/c1-15-11-10-12-17(22(3,4)5)21(15)25-20-14-18(23(6,7)8)19(24-9)13-16(20)2/h10-14H,1-9H3. The van der Waals surface area contributed by atoms with Crippen LogP contribution in [0, 0.1) is 13.8 Å². The monoisotopic (exact) mass is 356 g/mol. The van der Waals surface area contributed by atoms with Gasteiger partial charge in [0.25, 0.3) is 0 Å². The van der Waals surface area contributed by atoms with Crippen LogP contribution in [0.4, 0.5) is 0 Å². The molecule has 2 heteroatoms. The van der Waals surface area contributed by atoms with Crippen LogP contribution in [0.1, 0.15) is 63.8 Å². The predicted molar refractivity (Wildman–Crippen MR) is 110 cm³/mol. The highest BCUT2D eigenvalue weighted by molar-refractivity contribution is 7.99. The average molecular weight is 357 g/mol. The maximum atomic E-state index is 5.65. The molecule has 25 heavy (non-hydrogen) atoms. The predicted octanol–water partition coefficient (Wildman–Crippen LogP) is 7.06. The Morgan fingerprint density at radius 3 is 1.92 bits per heavy atom. The lowest BCUT2D eigenvalue weighted by molar-refractivity contribution is 0.396. The SMILES string of the molecule is COc1cc(C)c(Sc2c(C)cccc2C(C)(C)C)cc1C(C)(C)C. The third-order valence-electron chi connectivity index (χ3n) is 4.54. The molecule has 2 aromatic carbocycles. The van der Waals surface area contributed by atoms with Crippen LogP contribution in [0.25, 0.3) is 0 Å². The molecule has 0 aliphatic heterocycles. The first-order chi connectivity index (χ1) is 11.4. The van der Waals surface area contributed by atoms with E-state index in [0.29, 0.717) is 0 Å². The molecule has 0 N–H and O–H groups in total. The second kappa shape index (κ2) is 7.07. The van der Waals surface area contributed by atoms with Gasteiger partial charge < -0.3 is 4.74 Å². The van der Waals surface area contributed by atoms with Crippen LogP contribution >= 0.6 is 11.8 Å². The summed E-state index contributed by atoms with van der Waals surface area (Å²) in [6.07, 6.45) is 0. The zero-order valence-corrected chi connectivity index (χ0v) is 18.0. The third kappa shape index (κ3) is 4.41. The number of rotatable bonds is 3. The summed E-state index contributed by atoms with van der Waals surface area (Å²) in [5, 5.41) is 0. The molecule has 1 nitrogen and oxygen atoms in total. The minimum atomic E-state index is 0.0486. The van der Waals surface area contributed by atoms with Crippen molar-refractivity contribution in [3.8, 4) is 5.75 Å². The second-order valence-corrected chi connectivity index (χ2v) is 9.92. The van der Waals surface area contributed by atoms with Crippen LogP contribution < -0.4 is 4.74 Å². The van der Waals surface area contributed by atoms with E-state index in [-0.39, 0.29) is 10.8 Å². The summed E-state index contributed by atoms with van der Waals surface area (Å²) in [6.45, 7) is 18.0. The molecular formula is C23H32OS. The van der Waals surface area contributed by atoms with Crippen LogP contribution in [0.2, 0.25) is 0 Å². The first kappa shape index (κ1) is 19.9. The molecule has 0 radical (unpaired) electrons. The molecule has 0 aliphatic rings. The summed E-state index contributed by atoms with van der Waals surface area (Å²) in [5.74, 6) is 0.982. The van der Waals surface area contributed by atoms with Gasteiger partial charge in [-0.1, -0.05) is 71.5 Å². The van der Waals surface area contributed by atoms with Gasteiger partial charge in [-0.05, 0) is 53.5 Å². The number of ether oxygens (including phenoxy) is 1. The molecule has 0 aliphatic carbocycles. The second-order valence-electron chi connectivity index (χ2n) is 8.87. The maximum Gasteiger partial charge on any atom is 0.122 e. The Morgan fingerprint density at radius 1 is 0.800 bits per heavy atom. The zero-order valence-electron chi connectivity index (χ0n) is 17.2. The molecule has 0 bridgehead atoms. The molecule has 0 atom stereocenters. The molecule has 0 unspecified atom stereocenters. The Kier molecular flexibility index (Phi) is 5.63. The fourth-order valence-electron chi connectivity index (χ4n) is 3.02. The van der Waals surface area contributed by atoms with Gasteiger partial charge in [-0.25, -0.2) is 0 Å². The van der Waals surface area contributed by atoms with Crippen molar-refractivity contribution in [2.75, 3.05) is 7.11 Å². The van der Waals surface area contributed by atoms with E-state index in [4.69, 9.17) is 4.74 Å². The highest BCUT2D eigenvalue weighted by atomic mass is 32.2. The van der Waals surface area contributed by atoms with Crippen molar-refractivity contribution >= 4 is 11.8 Å². The van der Waals surface area contributed by atoms with Crippen LogP contribution in [-0.2, 0) is 10.8 Å². The fraction of sp³-hybridized carbons (Fsp3) is 0.478. The van der Waals surface area contributed by atoms with Crippen LogP contribution in [0.15, 0.2) is 40.1 Å². The van der Waals surface area contributed by atoms with Crippen LogP contribution in [-0.4, -0.2) is 7.11 Å². The number of benzene rings is 2. The van der Waals surface area contributed by atoms with E-state index < -0.39 is 0 Å². The largest absolute Gasteiger partial charge is 0.496 e. The summed E-state index contributed by atoms with van der Waals surface area (Å²) in [4.78, 5) is 2.69. The lowest BCUT2D eigenvalue weighted by Gasteiger charge is -2.26. The third-order valence-corrected chi connectivity index (χ3v) is 5.94. The topological polar surface area (TPSA) is 9.23 Å². The van der Waals surface area contributed by atoms with E-state index in [9.17, 15) is 0 Å². The number of methoxy groups -OCH3 is 1. The summed E-state index contributed by atoms with van der Waals surface area (Å²) in [5.41, 5.74) is 5.44. The van der Waals surface area contributed by atoms with Crippen LogP contribution in [0.5, 0.6) is 5.75 Å². The molecule has 0 spiro atoms. The lowest BCUT2D eigenvalue weighted by atomic mass is 9.86. The molecule has 2 aromatic rings. The van der Waals surface area contributed by atoms with E-state index in [2.05, 4.69) is 85.7 Å². The van der Waals surface area contributed by atoms with Crippen LogP contribution in [0.3, 0.4) is 0 Å². The summed E-state index contributed by atoms with van der Waals surface area (Å²) < 4.78 is 5.65. The molecule has 0 saturated carbocycles. The number of hydrogen-bond donors (Lipinski definition) is 0. The molecule has 2 rings (SSSR count). The number of hydrogen-bond acceptors (Lipinski definition) is 2. The molecule has 0 fully saturated rings. The average Bonchev–Trinajstić information content (AvgIpc) is 2.48. The van der Waals surface area contributed by atoms with Crippen molar-refractivity contribution < 1.29 is 4.74 Å². The Bertz CT molecular complexity index is 761. The first-order valence-corrected chi connectivity index (χ1v) is 9.74. The normalized spacial score (nSPS) is 12.4. The van der Waals surface area contributed by atoms with Gasteiger partial charge in [0.1, 0.15) is 5.75 Å². The van der Waals surface area contributed by atoms with Gasteiger partial charge >= 0.3 is 0 Å². The summed E-state index contributed by atoms with van der Waals surface area (Å²) >= 11 is 1.89. The van der Waals surface area contributed by atoms with E-state index in [0.717, 1.165) is 5.75 Å². The van der Waals surface area contributed by atoms with Gasteiger partial charge in [-0.3, -0.25) is 0 Å². The minimum absolute atomic E-state index is 0.0486. The number of aryl methyl sites for hydroxylation is 2. The summed E-state index contributed by atoms with van der Waals surface area (Å²) in [6, 6.07) is 11.1. The highest BCUT2D eigenvalue weighted by Gasteiger charge is 2.23. The molecule has 0 aromatic heterocycles. The van der Waals surface area contributed by atoms with E-state index in [1.54, 1.807) is 7.11 Å². The van der Waals surface area contributed by atoms with Gasteiger partial charge in [0.05, 0.1) is 7.11 Å². The lowest BCUT2D eigenvalue weighted by Crippen LogP contribution is -2.14. The molecular weight excluding hydrogens is 324 g/mol. The minimum Gasteiger partial charge on any atom is -0.496 e. The van der Waals surface area contributed by atoms with Gasteiger partial charge in [0.2, 0.25) is 0 Å². The molecule has 136 valence electrons. The zero-order chi connectivity index (χ0) is 19.0. The Hall–Kier alpha value is -1.41. The summed E-state index contributed by atoms with van der Waals surface area (Å²) in [7, 11) is 1.76. The van der Waals surface area contributed by atoms with E-state index >= 15 is 0 Å². The smallest absolute Gasteiger partial charge is 0.122 e.